The summed E-state index contributed by atoms with van der Waals surface area (Å²) in [5.74, 6) is 0. The lowest BCUT2D eigenvalue weighted by Gasteiger charge is -2.35. The molecule has 2 rings (SSSR count). The first-order valence-corrected chi connectivity index (χ1v) is 8.19. The number of rotatable bonds is 3. The van der Waals surface area contributed by atoms with Gasteiger partial charge in [0.2, 0.25) is 0 Å². The summed E-state index contributed by atoms with van der Waals surface area (Å²) in [6.45, 7) is 5.71. The number of hydrogen-bond acceptors (Lipinski definition) is 3. The normalized spacial score (nSPS) is 28.4. The van der Waals surface area contributed by atoms with Crippen LogP contribution in [0.4, 0.5) is 4.79 Å². The van der Waals surface area contributed by atoms with E-state index in [1.54, 1.807) is 0 Å². The Hall–Kier alpha value is -0.770. The molecule has 0 aromatic carbocycles. The van der Waals surface area contributed by atoms with E-state index >= 15 is 0 Å². The molecule has 0 saturated heterocycles. The van der Waals surface area contributed by atoms with Crippen LogP contribution in [0.3, 0.4) is 0 Å². The second-order valence-electron chi connectivity index (χ2n) is 7.29. The van der Waals surface area contributed by atoms with Crippen molar-refractivity contribution in [3.8, 4) is 0 Å². The fourth-order valence-electron chi connectivity index (χ4n) is 3.36. The van der Waals surface area contributed by atoms with Gasteiger partial charge in [-0.25, -0.2) is 4.79 Å². The minimum atomic E-state index is -0.423. The molecule has 0 unspecified atom stereocenters. The number of alkyl carbamates (subject to hydrolysis) is 1. The molecule has 2 aliphatic rings. The topological polar surface area (TPSA) is 50.4 Å². The minimum absolute atomic E-state index is 0.221. The third-order valence-electron chi connectivity index (χ3n) is 4.27. The summed E-state index contributed by atoms with van der Waals surface area (Å²) in [7, 11) is 0. The van der Waals surface area contributed by atoms with Crippen LogP contribution in [0.5, 0.6) is 0 Å². The van der Waals surface area contributed by atoms with Gasteiger partial charge >= 0.3 is 6.09 Å². The van der Waals surface area contributed by atoms with Gasteiger partial charge in [-0.3, -0.25) is 0 Å². The highest BCUT2D eigenvalue weighted by Gasteiger charge is 2.30. The molecule has 0 heterocycles. The van der Waals surface area contributed by atoms with E-state index in [1.807, 2.05) is 20.8 Å². The van der Waals surface area contributed by atoms with E-state index in [2.05, 4.69) is 10.6 Å². The number of hydrogen-bond donors (Lipinski definition) is 2. The van der Waals surface area contributed by atoms with Gasteiger partial charge in [-0.1, -0.05) is 25.7 Å². The van der Waals surface area contributed by atoms with Gasteiger partial charge in [0.05, 0.1) is 0 Å². The highest BCUT2D eigenvalue weighted by molar-refractivity contribution is 5.68. The van der Waals surface area contributed by atoms with Gasteiger partial charge in [0.15, 0.2) is 0 Å². The third kappa shape index (κ3) is 4.97. The summed E-state index contributed by atoms with van der Waals surface area (Å²) >= 11 is 0. The van der Waals surface area contributed by atoms with Crippen LogP contribution < -0.4 is 10.6 Å². The summed E-state index contributed by atoms with van der Waals surface area (Å²) in [6, 6.07) is 1.29. The standard InChI is InChI=1S/C16H30N2O2/c1-16(2,3)20-15(19)18-14-11-7-6-10-13(14)17-12-8-4-5-9-12/h12-14,17H,4-11H2,1-3H3,(H,18,19)/t13-,14-/m0/s1. The lowest BCUT2D eigenvalue weighted by molar-refractivity contribution is 0.0477. The Morgan fingerprint density at radius 3 is 2.10 bits per heavy atom. The van der Waals surface area contributed by atoms with Gasteiger partial charge in [-0.05, 0) is 46.5 Å². The van der Waals surface area contributed by atoms with Crippen molar-refractivity contribution in [2.75, 3.05) is 0 Å². The molecule has 0 aromatic heterocycles. The van der Waals surface area contributed by atoms with Crippen molar-refractivity contribution in [1.29, 1.82) is 0 Å². The Kier molecular flexibility index (Phi) is 5.30. The van der Waals surface area contributed by atoms with E-state index in [1.165, 1.54) is 38.5 Å². The van der Waals surface area contributed by atoms with Gasteiger partial charge in [-0.2, -0.15) is 0 Å². The maximum absolute atomic E-state index is 11.9. The molecule has 0 aliphatic heterocycles. The van der Waals surface area contributed by atoms with Crippen molar-refractivity contribution in [1.82, 2.24) is 10.6 Å². The highest BCUT2D eigenvalue weighted by Crippen LogP contribution is 2.24. The number of carbonyl (C=O) groups is 1. The number of amides is 1. The fraction of sp³-hybridized carbons (Fsp3) is 0.938. The van der Waals surface area contributed by atoms with Crippen LogP contribution >= 0.6 is 0 Å². The Balaban J connectivity index is 1.84. The Bertz CT molecular complexity index is 319. The van der Waals surface area contributed by atoms with Crippen LogP contribution in [0.15, 0.2) is 0 Å². The molecule has 116 valence electrons. The Morgan fingerprint density at radius 1 is 0.950 bits per heavy atom. The van der Waals surface area contributed by atoms with Crippen LogP contribution in [0.25, 0.3) is 0 Å². The second kappa shape index (κ2) is 6.79. The predicted molar refractivity (Wildman–Crippen MR) is 80.8 cm³/mol. The molecule has 0 bridgehead atoms. The molecular weight excluding hydrogens is 252 g/mol. The average Bonchev–Trinajstić information content (AvgIpc) is 2.82. The third-order valence-corrected chi connectivity index (χ3v) is 4.27. The predicted octanol–water partition coefficient (Wildman–Crippen LogP) is 3.35. The van der Waals surface area contributed by atoms with E-state index in [9.17, 15) is 4.79 Å². The molecule has 2 saturated carbocycles. The smallest absolute Gasteiger partial charge is 0.407 e. The molecule has 2 N–H and O–H groups in total. The highest BCUT2D eigenvalue weighted by atomic mass is 16.6. The molecule has 0 spiro atoms. The molecular formula is C16H30N2O2. The monoisotopic (exact) mass is 282 g/mol. The molecule has 2 fully saturated rings. The van der Waals surface area contributed by atoms with Gasteiger partial charge in [-0.15, -0.1) is 0 Å². The zero-order chi connectivity index (χ0) is 14.6. The number of carbonyl (C=O) groups excluding carboxylic acids is 1. The first kappa shape index (κ1) is 15.6. The second-order valence-corrected chi connectivity index (χ2v) is 7.29. The number of nitrogens with one attached hydrogen (secondary N) is 2. The maximum Gasteiger partial charge on any atom is 0.407 e. The lowest BCUT2D eigenvalue weighted by atomic mass is 9.89. The van der Waals surface area contributed by atoms with Crippen LogP contribution in [0.1, 0.15) is 72.1 Å². The zero-order valence-corrected chi connectivity index (χ0v) is 13.2. The van der Waals surface area contributed by atoms with Crippen molar-refractivity contribution in [3.05, 3.63) is 0 Å². The summed E-state index contributed by atoms with van der Waals surface area (Å²) in [6.07, 6.45) is 9.66. The quantitative estimate of drug-likeness (QED) is 0.834. The molecule has 0 aromatic rings. The largest absolute Gasteiger partial charge is 0.444 e. The fourth-order valence-corrected chi connectivity index (χ4v) is 3.36. The van der Waals surface area contributed by atoms with Gasteiger partial charge in [0, 0.05) is 18.1 Å². The van der Waals surface area contributed by atoms with E-state index in [0.29, 0.717) is 12.1 Å². The minimum Gasteiger partial charge on any atom is -0.444 e. The molecule has 20 heavy (non-hydrogen) atoms. The van der Waals surface area contributed by atoms with Crippen molar-refractivity contribution in [2.24, 2.45) is 0 Å². The molecule has 4 nitrogen and oxygen atoms in total. The van der Waals surface area contributed by atoms with E-state index in [4.69, 9.17) is 4.74 Å². The molecule has 4 heteroatoms. The Labute approximate surface area is 123 Å². The van der Waals surface area contributed by atoms with Crippen molar-refractivity contribution in [3.63, 3.8) is 0 Å². The van der Waals surface area contributed by atoms with E-state index in [0.717, 1.165) is 12.8 Å². The first-order valence-electron chi connectivity index (χ1n) is 8.19. The van der Waals surface area contributed by atoms with Crippen LogP contribution in [-0.4, -0.2) is 29.8 Å². The van der Waals surface area contributed by atoms with Gasteiger partial charge < -0.3 is 15.4 Å². The maximum atomic E-state index is 11.9. The summed E-state index contributed by atoms with van der Waals surface area (Å²) in [4.78, 5) is 11.9. The Morgan fingerprint density at radius 2 is 1.50 bits per heavy atom. The molecule has 2 aliphatic carbocycles. The first-order chi connectivity index (χ1) is 9.44. The van der Waals surface area contributed by atoms with Gasteiger partial charge in [0.1, 0.15) is 5.60 Å². The van der Waals surface area contributed by atoms with Crippen LogP contribution in [-0.2, 0) is 4.74 Å². The summed E-state index contributed by atoms with van der Waals surface area (Å²) < 4.78 is 5.38. The summed E-state index contributed by atoms with van der Waals surface area (Å²) in [5.41, 5.74) is -0.423. The lowest BCUT2D eigenvalue weighted by Crippen LogP contribution is -2.54. The van der Waals surface area contributed by atoms with E-state index in [-0.39, 0.29) is 12.1 Å². The van der Waals surface area contributed by atoms with Crippen LogP contribution in [0, 0.1) is 0 Å². The van der Waals surface area contributed by atoms with Gasteiger partial charge in [0.25, 0.3) is 0 Å². The molecule has 1 amide bonds. The molecule has 2 atom stereocenters. The van der Waals surface area contributed by atoms with Crippen molar-refractivity contribution in [2.45, 2.75) is 95.9 Å². The SMILES string of the molecule is CC(C)(C)OC(=O)N[C@H]1CCCC[C@@H]1NC1CCCC1. The van der Waals surface area contributed by atoms with Crippen LogP contribution in [0.2, 0.25) is 0 Å². The van der Waals surface area contributed by atoms with Crippen molar-refractivity contribution >= 4 is 6.09 Å². The zero-order valence-electron chi connectivity index (χ0n) is 13.2. The number of ether oxygens (including phenoxy) is 1. The van der Waals surface area contributed by atoms with E-state index < -0.39 is 5.60 Å². The average molecular weight is 282 g/mol. The van der Waals surface area contributed by atoms with Crippen molar-refractivity contribution < 1.29 is 9.53 Å². The summed E-state index contributed by atoms with van der Waals surface area (Å²) in [5, 5.41) is 6.84. The molecule has 0 radical (unpaired) electrons.